The van der Waals surface area contributed by atoms with Gasteiger partial charge in [-0.2, -0.15) is 0 Å². The number of hydrogen-bond donors (Lipinski definition) is 1. The van der Waals surface area contributed by atoms with E-state index in [0.717, 1.165) is 54.5 Å². The van der Waals surface area contributed by atoms with Crippen LogP contribution < -0.4 is 24.7 Å². The number of fused-ring (bicyclic) bond motifs is 4. The van der Waals surface area contributed by atoms with E-state index in [1.807, 2.05) is 61.5 Å². The number of rotatable bonds is 8. The van der Waals surface area contributed by atoms with Crippen LogP contribution in [0, 0.1) is 17.8 Å². The Bertz CT molecular complexity index is 2400. The molecule has 0 radical (unpaired) electrons. The van der Waals surface area contributed by atoms with Gasteiger partial charge in [-0.25, -0.2) is 13.1 Å². The summed E-state index contributed by atoms with van der Waals surface area (Å²) in [6.07, 6.45) is 9.67. The third-order valence-electron chi connectivity index (χ3n) is 14.6. The fraction of sp³-hybridized carbons (Fsp3) is 0.451. The monoisotopic (exact) mass is 908 g/mol. The molecule has 12 heteroatoms. The van der Waals surface area contributed by atoms with Crippen LogP contribution in [0.25, 0.3) is 0 Å². The van der Waals surface area contributed by atoms with Gasteiger partial charge in [0.1, 0.15) is 11.4 Å². The van der Waals surface area contributed by atoms with Gasteiger partial charge < -0.3 is 18.8 Å². The van der Waals surface area contributed by atoms with Crippen molar-refractivity contribution in [2.24, 2.45) is 17.8 Å². The Kier molecular flexibility index (Phi) is 12.9. The SMILES string of the molecule is CO[C@]1(C=O)/C=C/C[C@H](C)[C@@H](CCO[Si](c2ccccc2)(c2ccccc2)C(C)(C)C)S(=O)(=O)NC(=O)c2ccc3c(c2)N(C[C@@H]2CC[C@H]21)C[C@@]1(CCCc2cc(Cl)ccc21)CO3. The number of carbonyl (C=O) groups is 2. The highest BCUT2D eigenvalue weighted by Crippen LogP contribution is 2.49. The van der Waals surface area contributed by atoms with Gasteiger partial charge in [-0.05, 0) is 120 Å². The van der Waals surface area contributed by atoms with Crippen LogP contribution in [-0.4, -0.2) is 73.2 Å². The first-order chi connectivity index (χ1) is 30.1. The molecule has 1 fully saturated rings. The molecule has 0 unspecified atom stereocenters. The number of hydrogen-bond acceptors (Lipinski definition) is 8. The van der Waals surface area contributed by atoms with Gasteiger partial charge >= 0.3 is 0 Å². The van der Waals surface area contributed by atoms with E-state index in [1.165, 1.54) is 11.1 Å². The van der Waals surface area contributed by atoms with Crippen molar-refractivity contribution in [3.05, 3.63) is 131 Å². The number of amides is 1. The highest BCUT2D eigenvalue weighted by molar-refractivity contribution is 7.90. The fourth-order valence-corrected chi connectivity index (χ4v) is 17.6. The van der Waals surface area contributed by atoms with Crippen molar-refractivity contribution in [2.45, 2.75) is 93.9 Å². The molecule has 2 aliphatic heterocycles. The van der Waals surface area contributed by atoms with Crippen molar-refractivity contribution in [1.82, 2.24) is 4.72 Å². The average molecular weight is 910 g/mol. The first-order valence-corrected chi connectivity index (χ1v) is 26.3. The van der Waals surface area contributed by atoms with Crippen LogP contribution in [0.2, 0.25) is 10.1 Å². The Hall–Kier alpha value is -4.26. The Balaban J connectivity index is 1.17. The molecule has 334 valence electrons. The maximum absolute atomic E-state index is 14.7. The van der Waals surface area contributed by atoms with E-state index in [1.54, 1.807) is 25.3 Å². The molecular formula is C51H61ClN2O7SSi. The number of aryl methyl sites for hydroxylation is 1. The maximum atomic E-state index is 14.7. The lowest BCUT2D eigenvalue weighted by Gasteiger charge is -2.48. The minimum atomic E-state index is -4.28. The molecule has 9 nitrogen and oxygen atoms in total. The quantitative estimate of drug-likeness (QED) is 0.107. The van der Waals surface area contributed by atoms with Crippen molar-refractivity contribution in [3.63, 3.8) is 0 Å². The van der Waals surface area contributed by atoms with Gasteiger partial charge in [0.25, 0.3) is 14.2 Å². The molecular weight excluding hydrogens is 848 g/mol. The van der Waals surface area contributed by atoms with E-state index < -0.39 is 41.0 Å². The molecule has 4 aromatic carbocycles. The summed E-state index contributed by atoms with van der Waals surface area (Å²) in [4.78, 5) is 29.8. The summed E-state index contributed by atoms with van der Waals surface area (Å²) in [5.41, 5.74) is 1.84. The smallest absolute Gasteiger partial charge is 0.264 e. The largest absolute Gasteiger partial charge is 0.490 e. The topological polar surface area (TPSA) is 111 Å². The summed E-state index contributed by atoms with van der Waals surface area (Å²) in [5, 5.41) is 1.57. The summed E-state index contributed by atoms with van der Waals surface area (Å²) in [6.45, 7) is 10.2. The molecule has 6 atom stereocenters. The summed E-state index contributed by atoms with van der Waals surface area (Å²) >= 11 is 6.50. The van der Waals surface area contributed by atoms with E-state index >= 15 is 0 Å². The van der Waals surface area contributed by atoms with Crippen molar-refractivity contribution in [1.29, 1.82) is 0 Å². The third-order valence-corrected chi connectivity index (χ3v) is 21.8. The molecule has 4 aromatic rings. The second kappa shape index (κ2) is 18.0. The predicted octanol–water partition coefficient (Wildman–Crippen LogP) is 8.41. The van der Waals surface area contributed by atoms with Gasteiger partial charge in [-0.3, -0.25) is 9.59 Å². The molecule has 1 amide bonds. The zero-order chi connectivity index (χ0) is 44.6. The Morgan fingerprint density at radius 3 is 2.33 bits per heavy atom. The molecule has 1 saturated carbocycles. The minimum absolute atomic E-state index is 0.102. The van der Waals surface area contributed by atoms with Crippen LogP contribution in [0.3, 0.4) is 0 Å². The van der Waals surface area contributed by atoms with Gasteiger partial charge in [-0.1, -0.05) is 112 Å². The molecule has 8 rings (SSSR count). The summed E-state index contributed by atoms with van der Waals surface area (Å²) in [6, 6.07) is 31.9. The number of sulfonamides is 1. The van der Waals surface area contributed by atoms with E-state index in [0.29, 0.717) is 36.9 Å². The lowest BCUT2D eigenvalue weighted by atomic mass is 9.64. The number of nitrogens with one attached hydrogen (secondary N) is 1. The Morgan fingerprint density at radius 1 is 0.984 bits per heavy atom. The van der Waals surface area contributed by atoms with Crippen LogP contribution in [0.1, 0.15) is 87.7 Å². The van der Waals surface area contributed by atoms with Crippen LogP contribution >= 0.6 is 11.6 Å². The van der Waals surface area contributed by atoms with E-state index in [-0.39, 0.29) is 40.9 Å². The van der Waals surface area contributed by atoms with E-state index in [9.17, 15) is 18.0 Å². The van der Waals surface area contributed by atoms with E-state index in [4.69, 9.17) is 25.5 Å². The number of nitrogens with zero attached hydrogens (tertiary/aromatic N) is 1. The van der Waals surface area contributed by atoms with Crippen molar-refractivity contribution in [2.75, 3.05) is 38.3 Å². The second-order valence-corrected chi connectivity index (χ2v) is 26.0. The lowest BCUT2D eigenvalue weighted by Crippen LogP contribution is -2.66. The Morgan fingerprint density at radius 2 is 1.70 bits per heavy atom. The first kappa shape index (κ1) is 45.3. The molecule has 0 aromatic heterocycles. The highest BCUT2D eigenvalue weighted by Gasteiger charge is 2.51. The van der Waals surface area contributed by atoms with Gasteiger partial charge in [0.05, 0.1) is 17.5 Å². The first-order valence-electron chi connectivity index (χ1n) is 22.5. The number of allylic oxidation sites excluding steroid dienone is 1. The fourth-order valence-electron chi connectivity index (χ4n) is 11.2. The van der Waals surface area contributed by atoms with Crippen LogP contribution in [0.15, 0.2) is 109 Å². The van der Waals surface area contributed by atoms with Gasteiger partial charge in [0, 0.05) is 48.7 Å². The van der Waals surface area contributed by atoms with Crippen molar-refractivity contribution < 1.29 is 31.9 Å². The lowest BCUT2D eigenvalue weighted by molar-refractivity contribution is -0.135. The number of benzene rings is 4. The van der Waals surface area contributed by atoms with Gasteiger partial charge in [0.2, 0.25) is 10.0 Å². The van der Waals surface area contributed by atoms with Gasteiger partial charge in [-0.15, -0.1) is 0 Å². The molecule has 2 heterocycles. The Labute approximate surface area is 379 Å². The molecule has 1 spiro atoms. The predicted molar refractivity (Wildman–Crippen MR) is 254 cm³/mol. The summed E-state index contributed by atoms with van der Waals surface area (Å²) < 4.78 is 52.0. The van der Waals surface area contributed by atoms with Crippen LogP contribution in [0.4, 0.5) is 5.69 Å². The maximum Gasteiger partial charge on any atom is 0.264 e. The van der Waals surface area contributed by atoms with Crippen molar-refractivity contribution >= 4 is 58.2 Å². The standard InChI is InChI=1S/C51H61ClN2O7SSi/c1-36-14-12-28-51(34-55,59-5)44-23-20-39(44)32-54-33-50(27-13-15-37-30-40(52)22-24-43(37)50)35-60-46-25-21-38(31-45(46)54)48(56)53-62(57,58)47(36)26-29-61-63(49(2,3)4,41-16-8-6-9-17-41)42-18-10-7-11-19-42/h6-12,16-19,21-22,24-25,28,30-31,34,36,39,44,47H,13-15,20,23,26-27,29,32-33,35H2,1-5H3,(H,53,56)/b28-12+/t36-,39-,44+,47+,50-,51-/m0/s1. The van der Waals surface area contributed by atoms with Crippen LogP contribution in [-0.2, 0) is 35.8 Å². The number of aldehydes is 1. The normalized spacial score (nSPS) is 27.7. The number of anilines is 1. The molecule has 2 bridgehead atoms. The second-order valence-electron chi connectivity index (χ2n) is 19.3. The zero-order valence-corrected chi connectivity index (χ0v) is 39.7. The van der Waals surface area contributed by atoms with Gasteiger partial charge in [0.15, 0.2) is 6.29 Å². The number of methoxy groups -OCH3 is 1. The summed E-state index contributed by atoms with van der Waals surface area (Å²) in [7, 11) is -5.70. The minimum Gasteiger partial charge on any atom is -0.490 e. The average Bonchev–Trinajstić information content (AvgIpc) is 3.40. The third kappa shape index (κ3) is 8.56. The molecule has 2 aliphatic carbocycles. The van der Waals surface area contributed by atoms with E-state index in [2.05, 4.69) is 66.8 Å². The summed E-state index contributed by atoms with van der Waals surface area (Å²) in [5.74, 6) is -0.523. The zero-order valence-electron chi connectivity index (χ0n) is 37.1. The molecule has 4 aliphatic rings. The number of carbonyl (C=O) groups excluding carboxylic acids is 2. The number of ether oxygens (including phenoxy) is 2. The molecule has 1 N–H and O–H groups in total. The molecule has 0 saturated heterocycles. The molecule has 63 heavy (non-hydrogen) atoms. The number of halogens is 1. The highest BCUT2D eigenvalue weighted by atomic mass is 35.5. The van der Waals surface area contributed by atoms with Crippen molar-refractivity contribution in [3.8, 4) is 5.75 Å². The van der Waals surface area contributed by atoms with Crippen LogP contribution in [0.5, 0.6) is 5.75 Å².